The van der Waals surface area contributed by atoms with Gasteiger partial charge in [0, 0.05) is 33.9 Å². The highest BCUT2D eigenvalue weighted by Gasteiger charge is 2.37. The van der Waals surface area contributed by atoms with Crippen molar-refractivity contribution >= 4 is 26.1 Å². The van der Waals surface area contributed by atoms with E-state index in [-0.39, 0.29) is 11.7 Å². The number of rotatable bonds is 11. The van der Waals surface area contributed by atoms with Gasteiger partial charge in [-0.05, 0) is 25.1 Å². The second-order valence-electron chi connectivity index (χ2n) is 4.42. The molecule has 0 amide bonds. The normalized spacial score (nSPS) is 11.4. The molecule has 0 saturated carbocycles. The van der Waals surface area contributed by atoms with Gasteiger partial charge in [-0.25, -0.2) is 0 Å². The highest BCUT2D eigenvalue weighted by Crippen LogP contribution is 2.15. The van der Waals surface area contributed by atoms with Crippen LogP contribution in [0, 0.1) is 0 Å². The van der Waals surface area contributed by atoms with E-state index < -0.39 is 8.80 Å². The first kappa shape index (κ1) is 19.7. The molecule has 0 aliphatic heterocycles. The van der Waals surface area contributed by atoms with Crippen LogP contribution in [-0.4, -0.2) is 53.5 Å². The molecule has 5 nitrogen and oxygen atoms in total. The minimum Gasteiger partial charge on any atom is -0.377 e. The lowest BCUT2D eigenvalue weighted by Crippen LogP contribution is -2.43. The van der Waals surface area contributed by atoms with Gasteiger partial charge < -0.3 is 18.6 Å². The van der Waals surface area contributed by atoms with Gasteiger partial charge in [0.2, 0.25) is 0 Å². The molecule has 0 unspecified atom stereocenters. The second-order valence-corrected chi connectivity index (χ2v) is 7.90. The number of thiocarbonyl (C=S) groups is 1. The minimum atomic E-state index is -2.61. The third kappa shape index (κ3) is 7.49. The van der Waals surface area contributed by atoms with Gasteiger partial charge in [-0.2, -0.15) is 5.12 Å². The average Bonchev–Trinajstić information content (AvgIpc) is 2.48. The molecule has 0 heterocycles. The Morgan fingerprint density at radius 2 is 1.75 bits per heavy atom. The molecule has 0 aliphatic rings. The van der Waals surface area contributed by atoms with Crippen LogP contribution in [0.15, 0.2) is 0 Å². The summed E-state index contributed by atoms with van der Waals surface area (Å²) in [5.74, 6) is 0. The molecule has 0 bridgehead atoms. The molecule has 0 aromatic rings. The van der Waals surface area contributed by atoms with Crippen LogP contribution >= 0.6 is 12.2 Å². The maximum atomic E-state index is 13.7. The zero-order valence-corrected chi connectivity index (χ0v) is 14.7. The van der Waals surface area contributed by atoms with Crippen LogP contribution in [0.2, 0.25) is 6.04 Å². The van der Waals surface area contributed by atoms with Crippen LogP contribution in [0.4, 0.5) is 4.48 Å². The average molecular weight is 327 g/mol. The van der Waals surface area contributed by atoms with Gasteiger partial charge in [0.15, 0.2) is 5.11 Å². The highest BCUT2D eigenvalue weighted by molar-refractivity contribution is 7.80. The quantitative estimate of drug-likeness (QED) is 0.272. The van der Waals surface area contributed by atoms with E-state index >= 15 is 0 Å². The van der Waals surface area contributed by atoms with Crippen molar-refractivity contribution in [2.75, 3.05) is 34.4 Å². The van der Waals surface area contributed by atoms with Gasteiger partial charge in [0.25, 0.3) is 0 Å². The molecule has 120 valence electrons. The highest BCUT2D eigenvalue weighted by atomic mass is 32.1. The summed E-state index contributed by atoms with van der Waals surface area (Å²) in [6.07, 6.45) is 3.80. The molecule has 0 spiro atoms. The summed E-state index contributed by atoms with van der Waals surface area (Å²) in [7, 11) is 2.03. The monoisotopic (exact) mass is 326 g/mol. The van der Waals surface area contributed by atoms with Crippen LogP contribution in [0.25, 0.3) is 0 Å². The van der Waals surface area contributed by atoms with Crippen LogP contribution in [-0.2, 0) is 13.3 Å². The first-order chi connectivity index (χ1) is 9.55. The molecule has 8 heteroatoms. The van der Waals surface area contributed by atoms with E-state index in [0.29, 0.717) is 24.1 Å². The van der Waals surface area contributed by atoms with Crippen LogP contribution in [0.1, 0.15) is 32.6 Å². The summed E-state index contributed by atoms with van der Waals surface area (Å²) in [5, 5.41) is 3.60. The molecule has 0 aliphatic carbocycles. The fourth-order valence-corrected chi connectivity index (χ4v) is 3.65. The fraction of sp³-hybridized carbons (Fsp3) is 0.917. The Bertz CT molecular complexity index is 263. The zero-order chi connectivity index (χ0) is 15.4. The number of halogens is 1. The summed E-state index contributed by atoms with van der Waals surface area (Å²) in [6, 6.07) is 0.551. The first-order valence-electron chi connectivity index (χ1n) is 6.91. The Morgan fingerprint density at radius 3 is 2.25 bits per heavy atom. The van der Waals surface area contributed by atoms with Crippen molar-refractivity contribution in [3.63, 3.8) is 0 Å². The molecular weight excluding hydrogens is 299 g/mol. The lowest BCUT2D eigenvalue weighted by Gasteiger charge is -2.25. The third-order valence-corrected chi connectivity index (χ3v) is 6.22. The zero-order valence-electron chi connectivity index (χ0n) is 12.9. The largest absolute Gasteiger partial charge is 0.500 e. The molecule has 0 atom stereocenters. The van der Waals surface area contributed by atoms with Crippen LogP contribution in [0.5, 0.6) is 0 Å². The Balaban J connectivity index is 3.91. The summed E-state index contributed by atoms with van der Waals surface area (Å²) in [5.41, 5.74) is 0. The van der Waals surface area contributed by atoms with Crippen LogP contribution in [0.3, 0.4) is 0 Å². The van der Waals surface area contributed by atoms with E-state index in [9.17, 15) is 4.48 Å². The van der Waals surface area contributed by atoms with Gasteiger partial charge in [0.1, 0.15) is 0 Å². The standard InChI is InChI=1S/C12H27FN2O3SSi/c1-5-6-7-9-14-12(19)15(13)10-8-11-20(16-2,17-3)18-4/h5-11H2,1-4H3,(H,14,19). The lowest BCUT2D eigenvalue weighted by molar-refractivity contribution is 0.105. The number of nitrogens with zero attached hydrogens (tertiary/aromatic N) is 1. The first-order valence-corrected chi connectivity index (χ1v) is 9.25. The molecule has 0 fully saturated rings. The van der Waals surface area contributed by atoms with Crippen LogP contribution < -0.4 is 5.32 Å². The summed E-state index contributed by atoms with van der Waals surface area (Å²) in [4.78, 5) is 0. The smallest absolute Gasteiger partial charge is 0.377 e. The van der Waals surface area contributed by atoms with Gasteiger partial charge in [0.05, 0.1) is 6.54 Å². The predicted molar refractivity (Wildman–Crippen MR) is 84.1 cm³/mol. The van der Waals surface area contributed by atoms with E-state index in [1.54, 1.807) is 21.3 Å². The molecule has 0 saturated heterocycles. The SMILES string of the molecule is CCCCCNC(=S)N(F)CCC[Si](OC)(OC)OC. The molecule has 0 rings (SSSR count). The number of hydrogen-bond acceptors (Lipinski definition) is 4. The Hall–Kier alpha value is -0.283. The second kappa shape index (κ2) is 11.4. The van der Waals surface area contributed by atoms with Crippen molar-refractivity contribution in [2.45, 2.75) is 38.7 Å². The van der Waals surface area contributed by atoms with Gasteiger partial charge in [-0.1, -0.05) is 24.2 Å². The summed E-state index contributed by atoms with van der Waals surface area (Å²) < 4.78 is 29.5. The molecule has 0 radical (unpaired) electrons. The molecule has 1 N–H and O–H groups in total. The van der Waals surface area contributed by atoms with E-state index in [2.05, 4.69) is 12.2 Å². The summed E-state index contributed by atoms with van der Waals surface area (Å²) >= 11 is 4.98. The van der Waals surface area contributed by atoms with Crippen molar-refractivity contribution in [2.24, 2.45) is 0 Å². The topological polar surface area (TPSA) is 43.0 Å². The molecule has 0 aromatic carbocycles. The number of nitrogens with one attached hydrogen (secondary N) is 1. The Morgan fingerprint density at radius 1 is 1.15 bits per heavy atom. The van der Waals surface area contributed by atoms with Crippen molar-refractivity contribution < 1.29 is 17.8 Å². The predicted octanol–water partition coefficient (Wildman–Crippen LogP) is 2.51. The Labute approximate surface area is 128 Å². The fourth-order valence-electron chi connectivity index (χ4n) is 1.75. The maximum Gasteiger partial charge on any atom is 0.500 e. The van der Waals surface area contributed by atoms with Crippen molar-refractivity contribution in [3.8, 4) is 0 Å². The third-order valence-electron chi connectivity index (χ3n) is 3.05. The van der Waals surface area contributed by atoms with Crippen molar-refractivity contribution in [3.05, 3.63) is 0 Å². The molecule has 20 heavy (non-hydrogen) atoms. The molecular formula is C12H27FN2O3SSi. The van der Waals surface area contributed by atoms with E-state index in [0.717, 1.165) is 19.3 Å². The molecule has 0 aromatic heterocycles. The van der Waals surface area contributed by atoms with E-state index in [4.69, 9.17) is 25.5 Å². The van der Waals surface area contributed by atoms with Crippen molar-refractivity contribution in [1.29, 1.82) is 0 Å². The minimum absolute atomic E-state index is 0.139. The van der Waals surface area contributed by atoms with Gasteiger partial charge in [-0.15, -0.1) is 0 Å². The van der Waals surface area contributed by atoms with Gasteiger partial charge >= 0.3 is 8.80 Å². The summed E-state index contributed by atoms with van der Waals surface area (Å²) in [6.45, 7) is 3.03. The Kier molecular flexibility index (Phi) is 11.2. The lowest BCUT2D eigenvalue weighted by atomic mass is 10.2. The van der Waals surface area contributed by atoms with Crippen molar-refractivity contribution in [1.82, 2.24) is 10.4 Å². The maximum absolute atomic E-state index is 13.7. The number of hydrogen-bond donors (Lipinski definition) is 1. The van der Waals surface area contributed by atoms with E-state index in [1.165, 1.54) is 0 Å². The van der Waals surface area contributed by atoms with Gasteiger partial charge in [-0.3, -0.25) is 0 Å². The number of unbranched alkanes of at least 4 members (excludes halogenated alkanes) is 2. The van der Waals surface area contributed by atoms with E-state index in [1.807, 2.05) is 0 Å².